The monoisotopic (exact) mass is 177 g/mol. The third kappa shape index (κ3) is 1.67. The largest absolute Gasteiger partial charge is 0.393 e. The second-order valence-electron chi connectivity index (χ2n) is 3.11. The molecule has 13 heavy (non-hydrogen) atoms. The number of aliphatic hydroxyl groups excluding tert-OH is 1. The molecule has 4 nitrogen and oxygen atoms in total. The summed E-state index contributed by atoms with van der Waals surface area (Å²) in [7, 11) is 0. The van der Waals surface area contributed by atoms with Gasteiger partial charge in [-0.1, -0.05) is 0 Å². The molecule has 1 N–H and O–H groups in total. The molecule has 0 spiro atoms. The van der Waals surface area contributed by atoms with Crippen LogP contribution in [0.2, 0.25) is 0 Å². The fourth-order valence-electron chi connectivity index (χ4n) is 1.28. The Balaban J connectivity index is 2.38. The van der Waals surface area contributed by atoms with Crippen LogP contribution in [0.1, 0.15) is 12.6 Å². The van der Waals surface area contributed by atoms with Gasteiger partial charge in [-0.2, -0.15) is 5.10 Å². The van der Waals surface area contributed by atoms with Crippen LogP contribution in [-0.2, 0) is 6.42 Å². The molecule has 2 rings (SSSR count). The van der Waals surface area contributed by atoms with Crippen molar-refractivity contribution in [2.75, 3.05) is 0 Å². The lowest BCUT2D eigenvalue weighted by Crippen LogP contribution is -2.04. The van der Waals surface area contributed by atoms with Crippen LogP contribution in [0.5, 0.6) is 0 Å². The van der Waals surface area contributed by atoms with E-state index >= 15 is 0 Å². The highest BCUT2D eigenvalue weighted by Crippen LogP contribution is 2.04. The summed E-state index contributed by atoms with van der Waals surface area (Å²) in [6.07, 6.45) is 3.78. The summed E-state index contributed by atoms with van der Waals surface area (Å²) in [5.41, 5.74) is 1.69. The summed E-state index contributed by atoms with van der Waals surface area (Å²) in [5.74, 6) is 0. The molecule has 0 saturated carbocycles. The molecule has 0 aromatic carbocycles. The molecule has 0 aliphatic carbocycles. The summed E-state index contributed by atoms with van der Waals surface area (Å²) < 4.78 is 1.71. The zero-order valence-electron chi connectivity index (χ0n) is 7.38. The minimum Gasteiger partial charge on any atom is -0.393 e. The first-order chi connectivity index (χ1) is 6.25. The molecule has 0 aliphatic rings. The van der Waals surface area contributed by atoms with Gasteiger partial charge in [0.1, 0.15) is 0 Å². The van der Waals surface area contributed by atoms with Gasteiger partial charge in [-0.15, -0.1) is 0 Å². The Labute approximate surface area is 75.8 Å². The van der Waals surface area contributed by atoms with Gasteiger partial charge in [-0.05, 0) is 13.0 Å². The van der Waals surface area contributed by atoms with E-state index in [0.29, 0.717) is 6.42 Å². The lowest BCUT2D eigenvalue weighted by atomic mass is 10.2. The molecule has 2 aromatic rings. The summed E-state index contributed by atoms with van der Waals surface area (Å²) in [4.78, 5) is 4.13. The van der Waals surface area contributed by atoms with Crippen molar-refractivity contribution in [3.63, 3.8) is 0 Å². The first kappa shape index (κ1) is 8.19. The van der Waals surface area contributed by atoms with Gasteiger partial charge >= 0.3 is 0 Å². The van der Waals surface area contributed by atoms with E-state index in [1.807, 2.05) is 18.3 Å². The van der Waals surface area contributed by atoms with Crippen LogP contribution < -0.4 is 0 Å². The van der Waals surface area contributed by atoms with Gasteiger partial charge in [0.15, 0.2) is 5.65 Å². The quantitative estimate of drug-likeness (QED) is 0.732. The molecule has 1 atom stereocenters. The fraction of sp³-hybridized carbons (Fsp3) is 0.333. The number of nitrogens with zero attached hydrogens (tertiary/aromatic N) is 3. The van der Waals surface area contributed by atoms with Gasteiger partial charge in [0.05, 0.1) is 11.8 Å². The van der Waals surface area contributed by atoms with Crippen LogP contribution in [0.3, 0.4) is 0 Å². The molecule has 0 fully saturated rings. The zero-order chi connectivity index (χ0) is 9.26. The first-order valence-corrected chi connectivity index (χ1v) is 4.23. The predicted octanol–water partition coefficient (Wildman–Crippen LogP) is 0.653. The van der Waals surface area contributed by atoms with E-state index in [2.05, 4.69) is 10.1 Å². The van der Waals surface area contributed by atoms with E-state index in [9.17, 15) is 0 Å². The molecule has 2 aromatic heterocycles. The minimum absolute atomic E-state index is 0.357. The topological polar surface area (TPSA) is 50.4 Å². The molecule has 0 radical (unpaired) electrons. The van der Waals surface area contributed by atoms with Crippen LogP contribution >= 0.6 is 0 Å². The number of hydrogen-bond acceptors (Lipinski definition) is 3. The third-order valence-electron chi connectivity index (χ3n) is 1.79. The summed E-state index contributed by atoms with van der Waals surface area (Å²) in [6, 6.07) is 3.71. The second kappa shape index (κ2) is 3.14. The highest BCUT2D eigenvalue weighted by molar-refractivity contribution is 5.38. The molecular formula is C9H11N3O. The van der Waals surface area contributed by atoms with E-state index in [0.717, 1.165) is 11.3 Å². The number of aliphatic hydroxyl groups is 1. The van der Waals surface area contributed by atoms with Crippen molar-refractivity contribution in [3.05, 3.63) is 30.2 Å². The van der Waals surface area contributed by atoms with Crippen LogP contribution in [0, 0.1) is 0 Å². The Morgan fingerprint density at radius 3 is 3.15 bits per heavy atom. The predicted molar refractivity (Wildman–Crippen MR) is 48.4 cm³/mol. The first-order valence-electron chi connectivity index (χ1n) is 4.23. The van der Waals surface area contributed by atoms with Gasteiger partial charge in [-0.3, -0.25) is 0 Å². The SMILES string of the molecule is C[C@H](O)Cc1cc2ncccn2n1. The molecule has 2 heterocycles. The second-order valence-corrected chi connectivity index (χ2v) is 3.11. The zero-order valence-corrected chi connectivity index (χ0v) is 7.38. The molecule has 0 aliphatic heterocycles. The molecule has 0 bridgehead atoms. The van der Waals surface area contributed by atoms with Crippen molar-refractivity contribution in [2.45, 2.75) is 19.4 Å². The smallest absolute Gasteiger partial charge is 0.155 e. The summed E-state index contributed by atoms with van der Waals surface area (Å²) >= 11 is 0. The van der Waals surface area contributed by atoms with Crippen molar-refractivity contribution in [1.82, 2.24) is 14.6 Å². The Hall–Kier alpha value is -1.42. The number of aromatic nitrogens is 3. The van der Waals surface area contributed by atoms with Crippen LogP contribution in [0.15, 0.2) is 24.5 Å². The average molecular weight is 177 g/mol. The van der Waals surface area contributed by atoms with E-state index in [1.165, 1.54) is 0 Å². The van der Waals surface area contributed by atoms with Gasteiger partial charge in [-0.25, -0.2) is 9.50 Å². The van der Waals surface area contributed by atoms with Crippen LogP contribution in [0.4, 0.5) is 0 Å². The number of rotatable bonds is 2. The van der Waals surface area contributed by atoms with Crippen molar-refractivity contribution < 1.29 is 5.11 Å². The Bertz CT molecular complexity index is 375. The molecule has 0 unspecified atom stereocenters. The average Bonchev–Trinajstić information content (AvgIpc) is 2.44. The van der Waals surface area contributed by atoms with Gasteiger partial charge in [0.2, 0.25) is 0 Å². The fourth-order valence-corrected chi connectivity index (χ4v) is 1.28. The lowest BCUT2D eigenvalue weighted by molar-refractivity contribution is 0.194. The third-order valence-corrected chi connectivity index (χ3v) is 1.79. The molecule has 0 saturated heterocycles. The Morgan fingerprint density at radius 1 is 1.62 bits per heavy atom. The van der Waals surface area contributed by atoms with Crippen LogP contribution in [-0.4, -0.2) is 25.8 Å². The maximum absolute atomic E-state index is 9.16. The van der Waals surface area contributed by atoms with Crippen molar-refractivity contribution in [1.29, 1.82) is 0 Å². The van der Waals surface area contributed by atoms with E-state index in [4.69, 9.17) is 5.11 Å². The van der Waals surface area contributed by atoms with Crippen molar-refractivity contribution >= 4 is 5.65 Å². The number of fused-ring (bicyclic) bond motifs is 1. The molecule has 68 valence electrons. The summed E-state index contributed by atoms with van der Waals surface area (Å²) in [5, 5.41) is 13.4. The molecular weight excluding hydrogens is 166 g/mol. The maximum atomic E-state index is 9.16. The minimum atomic E-state index is -0.357. The van der Waals surface area contributed by atoms with Gasteiger partial charge in [0.25, 0.3) is 0 Å². The molecule has 0 amide bonds. The van der Waals surface area contributed by atoms with Crippen molar-refractivity contribution in [3.8, 4) is 0 Å². The van der Waals surface area contributed by atoms with E-state index < -0.39 is 0 Å². The maximum Gasteiger partial charge on any atom is 0.155 e. The highest BCUT2D eigenvalue weighted by atomic mass is 16.3. The number of hydrogen-bond donors (Lipinski definition) is 1. The lowest BCUT2D eigenvalue weighted by Gasteiger charge is -1.97. The van der Waals surface area contributed by atoms with Crippen LogP contribution in [0.25, 0.3) is 5.65 Å². The molecule has 4 heteroatoms. The van der Waals surface area contributed by atoms with Crippen molar-refractivity contribution in [2.24, 2.45) is 0 Å². The Kier molecular flexibility index (Phi) is 1.98. The van der Waals surface area contributed by atoms with Gasteiger partial charge in [0, 0.05) is 24.9 Å². The highest BCUT2D eigenvalue weighted by Gasteiger charge is 2.04. The van der Waals surface area contributed by atoms with E-state index in [1.54, 1.807) is 17.6 Å². The van der Waals surface area contributed by atoms with Gasteiger partial charge < -0.3 is 5.11 Å². The normalized spacial score (nSPS) is 13.4. The standard InChI is InChI=1S/C9H11N3O/c1-7(13)5-8-6-9-10-3-2-4-12(9)11-8/h2-4,6-7,13H,5H2,1H3/t7-/m0/s1. The summed E-state index contributed by atoms with van der Waals surface area (Å²) in [6.45, 7) is 1.75. The van der Waals surface area contributed by atoms with E-state index in [-0.39, 0.29) is 6.10 Å². The Morgan fingerprint density at radius 2 is 2.46 bits per heavy atom.